The molecule has 0 unspecified atom stereocenters. The molecule has 1 aliphatic rings. The van der Waals surface area contributed by atoms with E-state index in [2.05, 4.69) is 5.32 Å². The number of hydrogen-bond acceptors (Lipinski definition) is 4. The molecule has 0 aliphatic carbocycles. The minimum absolute atomic E-state index is 0.0627. The molecule has 2 N–H and O–H groups in total. The zero-order valence-electron chi connectivity index (χ0n) is 16.1. The second kappa shape index (κ2) is 7.84. The first-order valence-corrected chi connectivity index (χ1v) is 10.8. The van der Waals surface area contributed by atoms with Crippen LogP contribution in [0.5, 0.6) is 0 Å². The molecule has 0 aromatic heterocycles. The van der Waals surface area contributed by atoms with Crippen LogP contribution in [0.25, 0.3) is 0 Å². The monoisotopic (exact) mass is 440 g/mol. The van der Waals surface area contributed by atoms with E-state index in [1.807, 2.05) is 0 Å². The number of rotatable bonds is 5. The fraction of sp³-hybridized carbons (Fsp3) is 0.0909. The van der Waals surface area contributed by atoms with Gasteiger partial charge < -0.3 is 10.4 Å². The van der Waals surface area contributed by atoms with Gasteiger partial charge in [0.15, 0.2) is 0 Å². The molecule has 7 nitrogen and oxygen atoms in total. The largest absolute Gasteiger partial charge is 0.478 e. The Morgan fingerprint density at radius 2 is 1.77 bits per heavy atom. The number of carbonyl (C=O) groups is 2. The van der Waals surface area contributed by atoms with E-state index in [0.717, 1.165) is 22.0 Å². The maximum absolute atomic E-state index is 13.6. The average Bonchev–Trinajstić information content (AvgIpc) is 3.18. The van der Waals surface area contributed by atoms with Crippen LogP contribution < -0.4 is 9.62 Å². The van der Waals surface area contributed by atoms with Crippen LogP contribution in [-0.4, -0.2) is 31.9 Å². The van der Waals surface area contributed by atoms with Crippen molar-refractivity contribution in [1.29, 1.82) is 0 Å². The van der Waals surface area contributed by atoms with Crippen molar-refractivity contribution < 1.29 is 27.5 Å². The van der Waals surface area contributed by atoms with Crippen molar-refractivity contribution in [2.24, 2.45) is 0 Å². The van der Waals surface area contributed by atoms with E-state index in [9.17, 15) is 27.5 Å². The van der Waals surface area contributed by atoms with Crippen LogP contribution in [0.3, 0.4) is 0 Å². The number of benzene rings is 3. The molecule has 1 aliphatic heterocycles. The summed E-state index contributed by atoms with van der Waals surface area (Å²) < 4.78 is 40.8. The van der Waals surface area contributed by atoms with Crippen LogP contribution in [0, 0.1) is 5.82 Å². The molecule has 0 fully saturated rings. The molecule has 3 aromatic rings. The van der Waals surface area contributed by atoms with Gasteiger partial charge in [-0.05, 0) is 54.4 Å². The lowest BCUT2D eigenvalue weighted by Crippen LogP contribution is -2.29. The predicted octanol–water partition coefficient (Wildman–Crippen LogP) is 3.53. The first-order valence-electron chi connectivity index (χ1n) is 9.32. The number of nitrogens with one attached hydrogen (secondary N) is 1. The van der Waals surface area contributed by atoms with Crippen LogP contribution in [0.4, 0.5) is 15.8 Å². The number of nitrogens with zero attached hydrogens (tertiary/aromatic N) is 1. The van der Waals surface area contributed by atoms with Gasteiger partial charge in [0.05, 0.1) is 21.8 Å². The molecule has 9 heteroatoms. The van der Waals surface area contributed by atoms with Gasteiger partial charge in [-0.3, -0.25) is 9.10 Å². The number of carboxylic acids is 1. The van der Waals surface area contributed by atoms with Gasteiger partial charge in [-0.15, -0.1) is 0 Å². The molecule has 31 heavy (non-hydrogen) atoms. The normalized spacial score (nSPS) is 13.0. The number of anilines is 2. The molecule has 0 bridgehead atoms. The maximum Gasteiger partial charge on any atom is 0.337 e. The Bertz CT molecular complexity index is 1310. The molecular weight excluding hydrogens is 423 g/mol. The summed E-state index contributed by atoms with van der Waals surface area (Å²) in [4.78, 5) is 23.9. The summed E-state index contributed by atoms with van der Waals surface area (Å²) in [5.41, 5.74) is 1.31. The Kier molecular flexibility index (Phi) is 5.20. The number of sulfonamides is 1. The molecule has 0 saturated carbocycles. The molecule has 0 spiro atoms. The highest BCUT2D eigenvalue weighted by molar-refractivity contribution is 7.92. The van der Waals surface area contributed by atoms with E-state index < -0.39 is 27.7 Å². The van der Waals surface area contributed by atoms with Crippen molar-refractivity contribution in [2.75, 3.05) is 16.2 Å². The van der Waals surface area contributed by atoms with Gasteiger partial charge in [0.25, 0.3) is 15.9 Å². The first kappa shape index (κ1) is 20.5. The van der Waals surface area contributed by atoms with Gasteiger partial charge in [-0.25, -0.2) is 17.6 Å². The molecule has 1 amide bonds. The van der Waals surface area contributed by atoms with E-state index in [0.29, 0.717) is 12.1 Å². The zero-order valence-corrected chi connectivity index (χ0v) is 16.9. The van der Waals surface area contributed by atoms with Crippen LogP contribution in [0.2, 0.25) is 0 Å². The number of aromatic carboxylic acids is 1. The topological polar surface area (TPSA) is 104 Å². The lowest BCUT2D eigenvalue weighted by atomic mass is 10.1. The quantitative estimate of drug-likeness (QED) is 0.632. The molecule has 0 atom stereocenters. The number of halogens is 1. The SMILES string of the molecule is O=C(Nc1ccccc1C(=O)O)c1ccc2c(c1)N(S(=O)(=O)c1cccc(F)c1)CC2. The van der Waals surface area contributed by atoms with E-state index in [4.69, 9.17) is 0 Å². The lowest BCUT2D eigenvalue weighted by molar-refractivity contribution is 0.0698. The number of carbonyl (C=O) groups excluding carboxylic acids is 1. The third-order valence-corrected chi connectivity index (χ3v) is 6.80. The van der Waals surface area contributed by atoms with Gasteiger partial charge >= 0.3 is 5.97 Å². The summed E-state index contributed by atoms with van der Waals surface area (Å²) in [5, 5.41) is 11.8. The average molecular weight is 440 g/mol. The van der Waals surface area contributed by atoms with Crippen molar-refractivity contribution in [3.63, 3.8) is 0 Å². The number of amides is 1. The summed E-state index contributed by atoms with van der Waals surface area (Å²) in [6.07, 6.45) is 0.452. The van der Waals surface area contributed by atoms with Crippen LogP contribution in [-0.2, 0) is 16.4 Å². The molecule has 3 aromatic carbocycles. The highest BCUT2D eigenvalue weighted by Crippen LogP contribution is 2.34. The summed E-state index contributed by atoms with van der Waals surface area (Å²) in [7, 11) is -4.01. The Balaban J connectivity index is 1.66. The van der Waals surface area contributed by atoms with Crippen molar-refractivity contribution in [2.45, 2.75) is 11.3 Å². The van der Waals surface area contributed by atoms with Crippen molar-refractivity contribution in [1.82, 2.24) is 0 Å². The molecule has 158 valence electrons. The zero-order chi connectivity index (χ0) is 22.2. The first-order chi connectivity index (χ1) is 14.8. The maximum atomic E-state index is 13.6. The molecule has 0 radical (unpaired) electrons. The summed E-state index contributed by atoms with van der Waals surface area (Å²) in [6, 6.07) is 15.4. The number of para-hydroxylation sites is 1. The van der Waals surface area contributed by atoms with E-state index in [1.54, 1.807) is 24.3 Å². The third kappa shape index (κ3) is 3.87. The molecule has 1 heterocycles. The smallest absolute Gasteiger partial charge is 0.337 e. The molecule has 4 rings (SSSR count). The van der Waals surface area contributed by atoms with Gasteiger partial charge in [0, 0.05) is 12.1 Å². The minimum Gasteiger partial charge on any atom is -0.478 e. The third-order valence-electron chi connectivity index (χ3n) is 4.99. The van der Waals surface area contributed by atoms with Gasteiger partial charge in [0.2, 0.25) is 0 Å². The van der Waals surface area contributed by atoms with E-state index in [1.165, 1.54) is 30.3 Å². The predicted molar refractivity (Wildman–Crippen MR) is 112 cm³/mol. The minimum atomic E-state index is -4.01. The van der Waals surface area contributed by atoms with Crippen LogP contribution in [0.1, 0.15) is 26.3 Å². The fourth-order valence-corrected chi connectivity index (χ4v) is 5.00. The van der Waals surface area contributed by atoms with Crippen LogP contribution in [0.15, 0.2) is 71.6 Å². The Morgan fingerprint density at radius 3 is 2.52 bits per heavy atom. The fourth-order valence-electron chi connectivity index (χ4n) is 3.47. The summed E-state index contributed by atoms with van der Waals surface area (Å²) in [5.74, 6) is -2.42. The van der Waals surface area contributed by atoms with Crippen molar-refractivity contribution in [3.05, 3.63) is 89.2 Å². The Labute approximate surface area is 177 Å². The molecular formula is C22H17FN2O5S. The van der Waals surface area contributed by atoms with Crippen molar-refractivity contribution >= 4 is 33.3 Å². The van der Waals surface area contributed by atoms with Gasteiger partial charge in [-0.1, -0.05) is 24.3 Å². The standard InChI is InChI=1S/C22H17FN2O5S/c23-16-4-3-5-17(13-16)31(29,30)25-11-10-14-8-9-15(12-20(14)25)21(26)24-19-7-2-1-6-18(19)22(27)28/h1-9,12-13H,10-11H2,(H,24,26)(H,27,28). The van der Waals surface area contributed by atoms with Crippen LogP contribution >= 0.6 is 0 Å². The second-order valence-corrected chi connectivity index (χ2v) is 8.80. The number of fused-ring (bicyclic) bond motifs is 1. The lowest BCUT2D eigenvalue weighted by Gasteiger charge is -2.20. The van der Waals surface area contributed by atoms with Gasteiger partial charge in [0.1, 0.15) is 5.82 Å². The molecule has 0 saturated heterocycles. The highest BCUT2D eigenvalue weighted by atomic mass is 32.2. The highest BCUT2D eigenvalue weighted by Gasteiger charge is 2.31. The summed E-state index contributed by atoms with van der Waals surface area (Å²) >= 11 is 0. The number of carboxylic acid groups (broad SMARTS) is 1. The van der Waals surface area contributed by atoms with Gasteiger partial charge in [-0.2, -0.15) is 0 Å². The summed E-state index contributed by atoms with van der Waals surface area (Å²) in [6.45, 7) is 0.168. The van der Waals surface area contributed by atoms with E-state index >= 15 is 0 Å². The number of hydrogen-bond donors (Lipinski definition) is 2. The second-order valence-electron chi connectivity index (χ2n) is 6.93. The Hall–Kier alpha value is -3.72. The Morgan fingerprint density at radius 1 is 1.00 bits per heavy atom. The van der Waals surface area contributed by atoms with E-state index in [-0.39, 0.29) is 28.3 Å². The van der Waals surface area contributed by atoms with Crippen molar-refractivity contribution in [3.8, 4) is 0 Å².